The van der Waals surface area contributed by atoms with Crippen molar-refractivity contribution in [2.75, 3.05) is 6.54 Å². The van der Waals surface area contributed by atoms with Gasteiger partial charge in [-0.2, -0.15) is 0 Å². The van der Waals surface area contributed by atoms with Gasteiger partial charge in [-0.15, -0.1) is 0 Å². The van der Waals surface area contributed by atoms with Crippen molar-refractivity contribution in [1.82, 2.24) is 10.6 Å². The van der Waals surface area contributed by atoms with Crippen molar-refractivity contribution in [3.63, 3.8) is 0 Å². The van der Waals surface area contributed by atoms with E-state index in [9.17, 15) is 9.59 Å². The van der Waals surface area contributed by atoms with Crippen molar-refractivity contribution in [1.29, 1.82) is 0 Å². The Labute approximate surface area is 109 Å². The van der Waals surface area contributed by atoms with Gasteiger partial charge in [-0.3, -0.25) is 4.79 Å². The number of hydrogen-bond donors (Lipinski definition) is 4. The molecule has 0 radical (unpaired) electrons. The van der Waals surface area contributed by atoms with E-state index in [1.807, 2.05) is 20.8 Å². The normalized spacial score (nSPS) is 12.9. The zero-order valence-corrected chi connectivity index (χ0v) is 11.6. The predicted octanol–water partition coefficient (Wildman–Crippen LogP) is 0.457. The predicted molar refractivity (Wildman–Crippen MR) is 71.9 cm³/mol. The summed E-state index contributed by atoms with van der Waals surface area (Å²) < 4.78 is 0. The third-order valence-corrected chi connectivity index (χ3v) is 3.23. The lowest BCUT2D eigenvalue weighted by Gasteiger charge is -2.28. The summed E-state index contributed by atoms with van der Waals surface area (Å²) in [5.41, 5.74) is 10.7. The van der Waals surface area contributed by atoms with Crippen LogP contribution in [0.2, 0.25) is 0 Å². The molecule has 0 spiro atoms. The Morgan fingerprint density at radius 3 is 2.17 bits per heavy atom. The third kappa shape index (κ3) is 5.86. The van der Waals surface area contributed by atoms with Crippen LogP contribution in [-0.4, -0.2) is 30.1 Å². The van der Waals surface area contributed by atoms with Crippen LogP contribution in [0.1, 0.15) is 46.5 Å². The van der Waals surface area contributed by atoms with Crippen LogP contribution in [0.15, 0.2) is 0 Å². The molecule has 0 fully saturated rings. The second-order valence-electron chi connectivity index (χ2n) is 4.64. The number of nitrogens with two attached hydrogens (primary N) is 2. The molecule has 0 unspecified atom stereocenters. The van der Waals surface area contributed by atoms with Crippen LogP contribution in [-0.2, 0) is 4.79 Å². The van der Waals surface area contributed by atoms with E-state index in [2.05, 4.69) is 10.6 Å². The second kappa shape index (κ2) is 7.92. The van der Waals surface area contributed by atoms with E-state index >= 15 is 0 Å². The molecule has 6 nitrogen and oxygen atoms in total. The Balaban J connectivity index is 4.37. The topological polar surface area (TPSA) is 110 Å². The minimum Gasteiger partial charge on any atom is -0.352 e. The molecule has 0 aromatic rings. The van der Waals surface area contributed by atoms with Crippen molar-refractivity contribution < 1.29 is 9.59 Å². The smallest absolute Gasteiger partial charge is 0.312 e. The number of carbonyl (C=O) groups is 2. The van der Waals surface area contributed by atoms with E-state index in [-0.39, 0.29) is 11.4 Å². The molecule has 0 aromatic carbocycles. The number of rotatable bonds is 8. The van der Waals surface area contributed by atoms with Crippen molar-refractivity contribution in [3.05, 3.63) is 0 Å². The summed E-state index contributed by atoms with van der Waals surface area (Å²) in [7, 11) is 0. The summed E-state index contributed by atoms with van der Waals surface area (Å²) >= 11 is 0. The highest BCUT2D eigenvalue weighted by Crippen LogP contribution is 2.09. The first-order valence-corrected chi connectivity index (χ1v) is 6.51. The molecule has 0 aromatic heterocycles. The number of amides is 3. The molecule has 0 saturated heterocycles. The highest BCUT2D eigenvalue weighted by atomic mass is 16.2. The minimum atomic E-state index is -0.686. The Kier molecular flexibility index (Phi) is 7.35. The van der Waals surface area contributed by atoms with Gasteiger partial charge in [-0.25, -0.2) is 4.79 Å². The first-order valence-electron chi connectivity index (χ1n) is 6.51. The quantitative estimate of drug-likeness (QED) is 0.507. The van der Waals surface area contributed by atoms with Gasteiger partial charge < -0.3 is 22.1 Å². The number of urea groups is 1. The maximum atomic E-state index is 11.9. The molecule has 3 amide bonds. The lowest BCUT2D eigenvalue weighted by molar-refractivity contribution is -0.123. The minimum absolute atomic E-state index is 0.229. The van der Waals surface area contributed by atoms with Crippen LogP contribution in [0.4, 0.5) is 4.79 Å². The average molecular weight is 258 g/mol. The molecule has 0 aliphatic carbocycles. The summed E-state index contributed by atoms with van der Waals surface area (Å²) in [4.78, 5) is 22.7. The largest absolute Gasteiger partial charge is 0.352 e. The fourth-order valence-electron chi connectivity index (χ4n) is 1.62. The molecule has 0 rings (SSSR count). The lowest BCUT2D eigenvalue weighted by atomic mass is 9.94. The highest BCUT2D eigenvalue weighted by molar-refractivity contribution is 5.86. The fraction of sp³-hybridized carbons (Fsp3) is 0.833. The van der Waals surface area contributed by atoms with E-state index in [0.717, 1.165) is 19.3 Å². The number of hydrogen-bond acceptors (Lipinski definition) is 3. The van der Waals surface area contributed by atoms with Crippen LogP contribution < -0.4 is 22.1 Å². The molecule has 1 atom stereocenters. The molecule has 0 heterocycles. The van der Waals surface area contributed by atoms with Crippen molar-refractivity contribution in [2.24, 2.45) is 11.5 Å². The zero-order chi connectivity index (χ0) is 14.2. The SMILES string of the molecule is CCC[C@@H](NC(N)=O)C(=O)NCC(N)(CC)CC. The maximum absolute atomic E-state index is 11.9. The zero-order valence-electron chi connectivity index (χ0n) is 11.6. The second-order valence-corrected chi connectivity index (χ2v) is 4.64. The molecule has 6 heteroatoms. The highest BCUT2D eigenvalue weighted by Gasteiger charge is 2.24. The molecule has 6 N–H and O–H groups in total. The van der Waals surface area contributed by atoms with E-state index < -0.39 is 12.1 Å². The van der Waals surface area contributed by atoms with E-state index in [1.165, 1.54) is 0 Å². The number of carbonyl (C=O) groups excluding carboxylic acids is 2. The van der Waals surface area contributed by atoms with Crippen molar-refractivity contribution in [3.8, 4) is 0 Å². The fourth-order valence-corrected chi connectivity index (χ4v) is 1.62. The maximum Gasteiger partial charge on any atom is 0.312 e. The number of nitrogens with one attached hydrogen (secondary N) is 2. The number of primary amides is 1. The van der Waals surface area contributed by atoms with Gasteiger partial charge in [0.2, 0.25) is 5.91 Å². The monoisotopic (exact) mass is 258 g/mol. The van der Waals surface area contributed by atoms with Gasteiger partial charge in [0, 0.05) is 12.1 Å². The van der Waals surface area contributed by atoms with Gasteiger partial charge in [0.05, 0.1) is 0 Å². The summed E-state index contributed by atoms with van der Waals surface area (Å²) in [5, 5.41) is 5.22. The van der Waals surface area contributed by atoms with Gasteiger partial charge in [0.1, 0.15) is 6.04 Å². The molecular formula is C12H26N4O2. The molecule has 0 bridgehead atoms. The van der Waals surface area contributed by atoms with E-state index in [4.69, 9.17) is 11.5 Å². The van der Waals surface area contributed by atoms with Gasteiger partial charge in [0.15, 0.2) is 0 Å². The van der Waals surface area contributed by atoms with E-state index in [0.29, 0.717) is 13.0 Å². The lowest BCUT2D eigenvalue weighted by Crippen LogP contribution is -2.54. The molecule has 0 saturated carbocycles. The summed E-state index contributed by atoms with van der Waals surface area (Å²) in [6, 6.07) is -1.26. The van der Waals surface area contributed by atoms with Crippen LogP contribution in [0.5, 0.6) is 0 Å². The van der Waals surface area contributed by atoms with E-state index in [1.54, 1.807) is 0 Å². The summed E-state index contributed by atoms with van der Waals surface area (Å²) in [6.45, 7) is 6.31. The van der Waals surface area contributed by atoms with Crippen LogP contribution in [0.25, 0.3) is 0 Å². The Morgan fingerprint density at radius 1 is 1.22 bits per heavy atom. The standard InChI is InChI=1S/C12H26N4O2/c1-4-7-9(16-11(13)18)10(17)15-8-12(14,5-2)6-3/h9H,4-8,14H2,1-3H3,(H,15,17)(H3,13,16,18)/t9-/m1/s1. The Bertz CT molecular complexity index is 277. The van der Waals surface area contributed by atoms with Crippen LogP contribution in [0.3, 0.4) is 0 Å². The summed E-state index contributed by atoms with van der Waals surface area (Å²) in [6.07, 6.45) is 2.91. The first-order chi connectivity index (χ1) is 8.38. The molecular weight excluding hydrogens is 232 g/mol. The van der Waals surface area contributed by atoms with Gasteiger partial charge in [0.25, 0.3) is 0 Å². The first kappa shape index (κ1) is 16.7. The van der Waals surface area contributed by atoms with Crippen LogP contribution in [0, 0.1) is 0 Å². The van der Waals surface area contributed by atoms with Crippen LogP contribution >= 0.6 is 0 Å². The molecule has 106 valence electrons. The van der Waals surface area contributed by atoms with Gasteiger partial charge in [-0.05, 0) is 19.3 Å². The Morgan fingerprint density at radius 2 is 1.78 bits per heavy atom. The molecule has 0 aliphatic rings. The average Bonchev–Trinajstić information content (AvgIpc) is 2.34. The van der Waals surface area contributed by atoms with Crippen molar-refractivity contribution in [2.45, 2.75) is 58.0 Å². The van der Waals surface area contributed by atoms with Gasteiger partial charge in [-0.1, -0.05) is 27.2 Å². The Hall–Kier alpha value is -1.30. The van der Waals surface area contributed by atoms with Crippen molar-refractivity contribution >= 4 is 11.9 Å². The third-order valence-electron chi connectivity index (χ3n) is 3.23. The molecule has 0 aliphatic heterocycles. The summed E-state index contributed by atoms with van der Waals surface area (Å²) in [5.74, 6) is -0.229. The molecule has 18 heavy (non-hydrogen) atoms. The van der Waals surface area contributed by atoms with Gasteiger partial charge >= 0.3 is 6.03 Å².